The average Bonchev–Trinajstić information content (AvgIpc) is 2.89. The zero-order chi connectivity index (χ0) is 13.3. The lowest BCUT2D eigenvalue weighted by molar-refractivity contribution is -0.122. The van der Waals surface area contributed by atoms with Gasteiger partial charge in [0.1, 0.15) is 0 Å². The summed E-state index contributed by atoms with van der Waals surface area (Å²) in [6.45, 7) is 2.87. The molecular formula is C14H18N4O. The van der Waals surface area contributed by atoms with Gasteiger partial charge in [-0.05, 0) is 44.9 Å². The summed E-state index contributed by atoms with van der Waals surface area (Å²) in [6, 6.07) is 5.76. The number of aromatic amines is 1. The van der Waals surface area contributed by atoms with Crippen LogP contribution in [0.4, 0.5) is 5.69 Å². The highest BCUT2D eigenvalue weighted by Crippen LogP contribution is 2.24. The fourth-order valence-electron chi connectivity index (χ4n) is 2.59. The fourth-order valence-corrected chi connectivity index (χ4v) is 2.59. The number of hydrogen-bond donors (Lipinski definition) is 3. The van der Waals surface area contributed by atoms with Crippen LogP contribution in [0.1, 0.15) is 26.2 Å². The molecule has 0 spiro atoms. The van der Waals surface area contributed by atoms with Crippen molar-refractivity contribution < 1.29 is 4.79 Å². The molecule has 19 heavy (non-hydrogen) atoms. The van der Waals surface area contributed by atoms with E-state index in [1.54, 1.807) is 6.20 Å². The lowest BCUT2D eigenvalue weighted by Crippen LogP contribution is -2.54. The molecule has 3 N–H and O–H groups in total. The minimum absolute atomic E-state index is 0.0286. The molecule has 2 heterocycles. The van der Waals surface area contributed by atoms with Crippen molar-refractivity contribution in [2.75, 3.05) is 11.9 Å². The van der Waals surface area contributed by atoms with Crippen LogP contribution >= 0.6 is 0 Å². The summed E-state index contributed by atoms with van der Waals surface area (Å²) in [5.41, 5.74) is 1.27. The summed E-state index contributed by atoms with van der Waals surface area (Å²) in [6.07, 6.45) is 4.84. The minimum Gasteiger partial charge on any atom is -0.324 e. The summed E-state index contributed by atoms with van der Waals surface area (Å²) in [7, 11) is 0. The number of hydrogen-bond acceptors (Lipinski definition) is 3. The molecule has 1 aromatic carbocycles. The molecule has 0 saturated carbocycles. The Bertz CT molecular complexity index is 598. The van der Waals surface area contributed by atoms with Crippen molar-refractivity contribution >= 4 is 22.5 Å². The third kappa shape index (κ3) is 2.21. The SMILES string of the molecule is CC1(C(=O)Nc2cccc3[nH]ncc23)CCCCN1. The van der Waals surface area contributed by atoms with E-state index in [2.05, 4.69) is 20.8 Å². The van der Waals surface area contributed by atoms with Crippen LogP contribution < -0.4 is 10.6 Å². The van der Waals surface area contributed by atoms with E-state index in [9.17, 15) is 4.79 Å². The van der Waals surface area contributed by atoms with Crippen molar-refractivity contribution in [3.63, 3.8) is 0 Å². The first-order valence-electron chi connectivity index (χ1n) is 6.68. The van der Waals surface area contributed by atoms with Gasteiger partial charge >= 0.3 is 0 Å². The van der Waals surface area contributed by atoms with Crippen LogP contribution in [0.2, 0.25) is 0 Å². The molecule has 1 aliphatic rings. The molecule has 1 aromatic heterocycles. The molecule has 1 saturated heterocycles. The maximum atomic E-state index is 12.5. The molecule has 100 valence electrons. The van der Waals surface area contributed by atoms with E-state index < -0.39 is 5.54 Å². The quantitative estimate of drug-likeness (QED) is 0.772. The van der Waals surface area contributed by atoms with Crippen molar-refractivity contribution in [3.05, 3.63) is 24.4 Å². The molecule has 5 nitrogen and oxygen atoms in total. The highest BCUT2D eigenvalue weighted by Gasteiger charge is 2.34. The number of nitrogens with zero attached hydrogens (tertiary/aromatic N) is 1. The van der Waals surface area contributed by atoms with Gasteiger partial charge in [0.2, 0.25) is 5.91 Å². The maximum Gasteiger partial charge on any atom is 0.244 e. The number of benzene rings is 1. The number of fused-ring (bicyclic) bond motifs is 1. The Morgan fingerprint density at radius 1 is 1.42 bits per heavy atom. The Hall–Kier alpha value is -1.88. The van der Waals surface area contributed by atoms with Crippen LogP contribution in [0.5, 0.6) is 0 Å². The van der Waals surface area contributed by atoms with Crippen LogP contribution in [-0.4, -0.2) is 28.2 Å². The largest absolute Gasteiger partial charge is 0.324 e. The van der Waals surface area contributed by atoms with Gasteiger partial charge in [0, 0.05) is 5.39 Å². The lowest BCUT2D eigenvalue weighted by atomic mass is 9.90. The standard InChI is InChI=1S/C14H18N4O/c1-14(7-2-3-8-15-14)13(19)17-11-5-4-6-12-10(11)9-16-18-12/h4-6,9,15H,2-3,7-8H2,1H3,(H,16,18)(H,17,19). The van der Waals surface area contributed by atoms with E-state index in [0.29, 0.717) is 0 Å². The molecule has 1 aliphatic heterocycles. The number of nitrogens with one attached hydrogen (secondary N) is 3. The molecule has 1 amide bonds. The van der Waals surface area contributed by atoms with Crippen LogP contribution in [0.3, 0.4) is 0 Å². The van der Waals surface area contributed by atoms with Crippen LogP contribution in [-0.2, 0) is 4.79 Å². The molecule has 0 bridgehead atoms. The smallest absolute Gasteiger partial charge is 0.244 e. The summed E-state index contributed by atoms with van der Waals surface area (Å²) in [4.78, 5) is 12.5. The lowest BCUT2D eigenvalue weighted by Gasteiger charge is -2.33. The third-order valence-electron chi connectivity index (χ3n) is 3.85. The Labute approximate surface area is 111 Å². The van der Waals surface area contributed by atoms with Crippen molar-refractivity contribution in [3.8, 4) is 0 Å². The van der Waals surface area contributed by atoms with E-state index >= 15 is 0 Å². The fraction of sp³-hybridized carbons (Fsp3) is 0.429. The first-order chi connectivity index (χ1) is 9.19. The number of H-pyrrole nitrogens is 1. The molecular weight excluding hydrogens is 240 g/mol. The number of carbonyl (C=O) groups excluding carboxylic acids is 1. The third-order valence-corrected chi connectivity index (χ3v) is 3.85. The molecule has 0 aliphatic carbocycles. The van der Waals surface area contributed by atoms with E-state index in [4.69, 9.17) is 0 Å². The van der Waals surface area contributed by atoms with Gasteiger partial charge in [0.15, 0.2) is 0 Å². The number of carbonyl (C=O) groups is 1. The second kappa shape index (κ2) is 4.66. The highest BCUT2D eigenvalue weighted by atomic mass is 16.2. The molecule has 3 rings (SSSR count). The first kappa shape index (κ1) is 12.2. The van der Waals surface area contributed by atoms with Crippen molar-refractivity contribution in [1.29, 1.82) is 0 Å². The number of rotatable bonds is 2. The zero-order valence-corrected chi connectivity index (χ0v) is 11.0. The number of aromatic nitrogens is 2. The monoisotopic (exact) mass is 258 g/mol. The van der Waals surface area contributed by atoms with Gasteiger partial charge < -0.3 is 10.6 Å². The number of anilines is 1. The van der Waals surface area contributed by atoms with Gasteiger partial charge in [-0.15, -0.1) is 0 Å². The molecule has 1 unspecified atom stereocenters. The Morgan fingerprint density at radius 3 is 3.11 bits per heavy atom. The molecule has 0 radical (unpaired) electrons. The molecule has 5 heteroatoms. The maximum absolute atomic E-state index is 12.5. The predicted molar refractivity (Wildman–Crippen MR) is 75.0 cm³/mol. The number of piperidine rings is 1. The van der Waals surface area contributed by atoms with E-state index in [-0.39, 0.29) is 5.91 Å². The molecule has 2 aromatic rings. The van der Waals surface area contributed by atoms with Crippen LogP contribution in [0, 0.1) is 0 Å². The van der Waals surface area contributed by atoms with Crippen LogP contribution in [0.15, 0.2) is 24.4 Å². The normalized spacial score (nSPS) is 23.4. The van der Waals surface area contributed by atoms with Gasteiger partial charge in [-0.2, -0.15) is 5.10 Å². The summed E-state index contributed by atoms with van der Waals surface area (Å²) < 4.78 is 0. The Kier molecular flexibility index (Phi) is 2.98. The highest BCUT2D eigenvalue weighted by molar-refractivity contribution is 6.04. The predicted octanol–water partition coefficient (Wildman–Crippen LogP) is 2.03. The van der Waals surface area contributed by atoms with Crippen molar-refractivity contribution in [2.24, 2.45) is 0 Å². The second-order valence-electron chi connectivity index (χ2n) is 5.31. The Morgan fingerprint density at radius 2 is 2.32 bits per heavy atom. The van der Waals surface area contributed by atoms with Crippen molar-refractivity contribution in [1.82, 2.24) is 15.5 Å². The molecule has 1 atom stereocenters. The van der Waals surface area contributed by atoms with Crippen LogP contribution in [0.25, 0.3) is 10.9 Å². The summed E-state index contributed by atoms with van der Waals surface area (Å²) in [5, 5.41) is 14.2. The summed E-state index contributed by atoms with van der Waals surface area (Å²) >= 11 is 0. The van der Waals surface area contributed by atoms with E-state index in [0.717, 1.165) is 42.4 Å². The van der Waals surface area contributed by atoms with E-state index in [1.807, 2.05) is 25.1 Å². The van der Waals surface area contributed by atoms with E-state index in [1.165, 1.54) is 0 Å². The van der Waals surface area contributed by atoms with Gasteiger partial charge in [0.25, 0.3) is 0 Å². The molecule has 1 fully saturated rings. The van der Waals surface area contributed by atoms with Crippen molar-refractivity contribution in [2.45, 2.75) is 31.7 Å². The second-order valence-corrected chi connectivity index (χ2v) is 5.31. The van der Waals surface area contributed by atoms with Gasteiger partial charge in [0.05, 0.1) is 22.9 Å². The van der Waals surface area contributed by atoms with Gasteiger partial charge in [-0.25, -0.2) is 0 Å². The average molecular weight is 258 g/mol. The van der Waals surface area contributed by atoms with Gasteiger partial charge in [-0.1, -0.05) is 6.07 Å². The topological polar surface area (TPSA) is 69.8 Å². The number of amides is 1. The van der Waals surface area contributed by atoms with Gasteiger partial charge in [-0.3, -0.25) is 9.89 Å². The zero-order valence-electron chi connectivity index (χ0n) is 11.0. The first-order valence-corrected chi connectivity index (χ1v) is 6.68. The Balaban J connectivity index is 1.84. The minimum atomic E-state index is -0.468. The summed E-state index contributed by atoms with van der Waals surface area (Å²) in [5.74, 6) is 0.0286.